The van der Waals surface area contributed by atoms with Crippen molar-refractivity contribution in [1.82, 2.24) is 5.32 Å². The van der Waals surface area contributed by atoms with Crippen molar-refractivity contribution in [3.8, 4) is 0 Å². The number of benzene rings is 2. The van der Waals surface area contributed by atoms with Gasteiger partial charge < -0.3 is 15.5 Å². The summed E-state index contributed by atoms with van der Waals surface area (Å²) in [6, 6.07) is 17.2. The Morgan fingerprint density at radius 2 is 1.83 bits per heavy atom. The molecule has 156 valence electrons. The van der Waals surface area contributed by atoms with Crippen molar-refractivity contribution in [2.45, 2.75) is 57.6 Å². The number of amides is 1. The van der Waals surface area contributed by atoms with Gasteiger partial charge in [-0.1, -0.05) is 73.0 Å². The smallest absolute Gasteiger partial charge is 0.223 e. The Hall–Kier alpha value is -2.17. The summed E-state index contributed by atoms with van der Waals surface area (Å²) in [7, 11) is 0. The molecule has 0 bridgehead atoms. The molecule has 0 aliphatic heterocycles. The van der Waals surface area contributed by atoms with Crippen molar-refractivity contribution in [2.24, 2.45) is 11.8 Å². The van der Waals surface area contributed by atoms with Gasteiger partial charge in [0.1, 0.15) is 6.10 Å². The molecule has 3 N–H and O–H groups in total. The van der Waals surface area contributed by atoms with Crippen LogP contribution in [0.4, 0.5) is 0 Å². The fraction of sp³-hybridized carbons (Fsp3) is 0.480. The number of carbonyl (C=O) groups is 1. The van der Waals surface area contributed by atoms with Crippen LogP contribution in [0, 0.1) is 18.8 Å². The van der Waals surface area contributed by atoms with E-state index in [9.17, 15) is 15.0 Å². The van der Waals surface area contributed by atoms with E-state index in [0.717, 1.165) is 32.1 Å². The molecule has 3 rings (SSSR count). The number of nitrogens with one attached hydrogen (secondary N) is 1. The van der Waals surface area contributed by atoms with Gasteiger partial charge in [-0.25, -0.2) is 0 Å². The van der Waals surface area contributed by atoms with E-state index in [1.807, 2.05) is 18.2 Å². The van der Waals surface area contributed by atoms with E-state index in [4.69, 9.17) is 0 Å². The first-order valence-electron chi connectivity index (χ1n) is 10.8. The largest absolute Gasteiger partial charge is 0.394 e. The molecule has 0 saturated heterocycles. The molecule has 1 saturated carbocycles. The maximum atomic E-state index is 12.8. The standard InChI is InChI=1S/C25H33NO3/c1-18-10-12-19(13-11-18)14-15-20-6-5-9-22(16-20)25(29)26-23(17-27)24(28)21-7-3-2-4-8-21/h2-4,7-8,10-13,20,22-24,27-28H,5-6,9,14-17H2,1H3,(H,26,29)/t20-,22-,23+,24+/m1/s1. The summed E-state index contributed by atoms with van der Waals surface area (Å²) in [5.41, 5.74) is 3.33. The van der Waals surface area contributed by atoms with E-state index in [0.29, 0.717) is 11.5 Å². The molecule has 29 heavy (non-hydrogen) atoms. The van der Waals surface area contributed by atoms with Crippen molar-refractivity contribution in [3.63, 3.8) is 0 Å². The molecule has 1 aliphatic rings. The molecule has 2 aromatic carbocycles. The molecule has 4 nitrogen and oxygen atoms in total. The van der Waals surface area contributed by atoms with Crippen LogP contribution < -0.4 is 5.32 Å². The Morgan fingerprint density at radius 3 is 2.52 bits per heavy atom. The van der Waals surface area contributed by atoms with Gasteiger partial charge in [-0.2, -0.15) is 0 Å². The minimum absolute atomic E-state index is 0.0382. The zero-order valence-corrected chi connectivity index (χ0v) is 17.3. The molecule has 0 unspecified atom stereocenters. The van der Waals surface area contributed by atoms with Crippen molar-refractivity contribution in [3.05, 3.63) is 71.3 Å². The lowest BCUT2D eigenvalue weighted by molar-refractivity contribution is -0.128. The number of aryl methyl sites for hydroxylation is 2. The summed E-state index contributed by atoms with van der Waals surface area (Å²) in [6.45, 7) is 1.81. The predicted molar refractivity (Wildman–Crippen MR) is 115 cm³/mol. The van der Waals surface area contributed by atoms with Crippen LogP contribution in [0.1, 0.15) is 54.9 Å². The summed E-state index contributed by atoms with van der Waals surface area (Å²) in [5.74, 6) is 0.468. The molecular formula is C25H33NO3. The molecule has 4 heteroatoms. The molecule has 1 aliphatic carbocycles. The van der Waals surface area contributed by atoms with Crippen molar-refractivity contribution in [2.75, 3.05) is 6.61 Å². The van der Waals surface area contributed by atoms with Gasteiger partial charge in [-0.05, 0) is 49.7 Å². The maximum Gasteiger partial charge on any atom is 0.223 e. The monoisotopic (exact) mass is 395 g/mol. The molecule has 1 fully saturated rings. The minimum Gasteiger partial charge on any atom is -0.394 e. The number of rotatable bonds is 8. The van der Waals surface area contributed by atoms with Crippen LogP contribution in [0.5, 0.6) is 0 Å². The molecule has 0 heterocycles. The fourth-order valence-electron chi connectivity index (χ4n) is 4.32. The second-order valence-electron chi connectivity index (χ2n) is 8.41. The summed E-state index contributed by atoms with van der Waals surface area (Å²) < 4.78 is 0. The fourth-order valence-corrected chi connectivity index (χ4v) is 4.32. The molecule has 4 atom stereocenters. The van der Waals surface area contributed by atoms with Crippen LogP contribution in [-0.2, 0) is 11.2 Å². The average molecular weight is 396 g/mol. The first-order chi connectivity index (χ1) is 14.1. The van der Waals surface area contributed by atoms with Gasteiger partial charge in [0, 0.05) is 5.92 Å². The van der Waals surface area contributed by atoms with Crippen LogP contribution in [0.15, 0.2) is 54.6 Å². The van der Waals surface area contributed by atoms with E-state index in [1.54, 1.807) is 12.1 Å². The summed E-state index contributed by atoms with van der Waals surface area (Å²) in [4.78, 5) is 12.8. The number of aliphatic hydroxyl groups is 2. The topological polar surface area (TPSA) is 69.6 Å². The predicted octanol–water partition coefficient (Wildman–Crippen LogP) is 3.94. The molecule has 0 spiro atoms. The van der Waals surface area contributed by atoms with E-state index >= 15 is 0 Å². The van der Waals surface area contributed by atoms with Gasteiger partial charge in [0.15, 0.2) is 0 Å². The highest BCUT2D eigenvalue weighted by molar-refractivity contribution is 5.79. The molecule has 2 aromatic rings. The highest BCUT2D eigenvalue weighted by Crippen LogP contribution is 2.32. The number of hydrogen-bond donors (Lipinski definition) is 3. The first-order valence-corrected chi connectivity index (χ1v) is 10.8. The first kappa shape index (κ1) is 21.5. The molecular weight excluding hydrogens is 362 g/mol. The van der Waals surface area contributed by atoms with Gasteiger partial charge in [-0.3, -0.25) is 4.79 Å². The zero-order chi connectivity index (χ0) is 20.6. The Bertz CT molecular complexity index is 759. The third-order valence-corrected chi connectivity index (χ3v) is 6.16. The lowest BCUT2D eigenvalue weighted by Crippen LogP contribution is -2.45. The van der Waals surface area contributed by atoms with Gasteiger partial charge >= 0.3 is 0 Å². The lowest BCUT2D eigenvalue weighted by Gasteiger charge is -2.30. The van der Waals surface area contributed by atoms with Crippen LogP contribution in [0.3, 0.4) is 0 Å². The maximum absolute atomic E-state index is 12.8. The summed E-state index contributed by atoms with van der Waals surface area (Å²) >= 11 is 0. The zero-order valence-electron chi connectivity index (χ0n) is 17.3. The Labute approximate surface area is 174 Å². The van der Waals surface area contributed by atoms with E-state index in [1.165, 1.54) is 17.5 Å². The van der Waals surface area contributed by atoms with Crippen LogP contribution >= 0.6 is 0 Å². The van der Waals surface area contributed by atoms with Crippen molar-refractivity contribution >= 4 is 5.91 Å². The lowest BCUT2D eigenvalue weighted by atomic mass is 9.78. The molecule has 0 aromatic heterocycles. The Balaban J connectivity index is 1.52. The summed E-state index contributed by atoms with van der Waals surface area (Å²) in [6.07, 6.45) is 5.23. The highest BCUT2D eigenvalue weighted by Gasteiger charge is 2.30. The van der Waals surface area contributed by atoms with E-state index in [2.05, 4.69) is 36.5 Å². The van der Waals surface area contributed by atoms with Gasteiger partial charge in [-0.15, -0.1) is 0 Å². The van der Waals surface area contributed by atoms with Crippen LogP contribution in [0.2, 0.25) is 0 Å². The molecule has 1 amide bonds. The van der Waals surface area contributed by atoms with Gasteiger partial charge in [0.25, 0.3) is 0 Å². The van der Waals surface area contributed by atoms with E-state index < -0.39 is 12.1 Å². The van der Waals surface area contributed by atoms with Crippen LogP contribution in [-0.4, -0.2) is 28.8 Å². The normalized spacial score (nSPS) is 21.3. The average Bonchev–Trinajstić information content (AvgIpc) is 2.77. The third-order valence-electron chi connectivity index (χ3n) is 6.16. The van der Waals surface area contributed by atoms with Crippen molar-refractivity contribution < 1.29 is 15.0 Å². The second-order valence-corrected chi connectivity index (χ2v) is 8.41. The SMILES string of the molecule is Cc1ccc(CC[C@H]2CCC[C@@H](C(=O)N[C@@H](CO)[C@@H](O)c3ccccc3)C2)cc1. The van der Waals surface area contributed by atoms with Crippen molar-refractivity contribution in [1.29, 1.82) is 0 Å². The second kappa shape index (κ2) is 10.6. The van der Waals surface area contributed by atoms with Crippen LogP contribution in [0.25, 0.3) is 0 Å². The number of carbonyl (C=O) groups excluding carboxylic acids is 1. The number of hydrogen-bond acceptors (Lipinski definition) is 3. The summed E-state index contributed by atoms with van der Waals surface area (Å²) in [5, 5.41) is 23.1. The van der Waals surface area contributed by atoms with Gasteiger partial charge in [0.2, 0.25) is 5.91 Å². The Morgan fingerprint density at radius 1 is 1.10 bits per heavy atom. The number of aliphatic hydroxyl groups excluding tert-OH is 2. The molecule has 0 radical (unpaired) electrons. The quantitative estimate of drug-likeness (QED) is 0.634. The highest BCUT2D eigenvalue weighted by atomic mass is 16.3. The van der Waals surface area contributed by atoms with Gasteiger partial charge in [0.05, 0.1) is 12.6 Å². The van der Waals surface area contributed by atoms with E-state index in [-0.39, 0.29) is 18.4 Å². The third kappa shape index (κ3) is 6.15. The Kier molecular flexibility index (Phi) is 7.84. The minimum atomic E-state index is -0.911.